The second kappa shape index (κ2) is 9.77. The quantitative estimate of drug-likeness (QED) is 0.342. The monoisotopic (exact) mass is 530 g/mol. The molecule has 0 aromatic carbocycles. The van der Waals surface area contributed by atoms with Crippen LogP contribution >= 0.6 is 15.9 Å². The van der Waals surface area contributed by atoms with Gasteiger partial charge in [0.15, 0.2) is 0 Å². The molecule has 4 fully saturated rings. The molecule has 4 saturated heterocycles. The molecule has 0 aromatic rings. The summed E-state index contributed by atoms with van der Waals surface area (Å²) in [6.07, 6.45) is -0.0214. The van der Waals surface area contributed by atoms with Crippen molar-refractivity contribution < 1.29 is 29.0 Å². The predicted octanol–water partition coefficient (Wildman–Crippen LogP) is -1.05. The SMILES string of the molecule is CNC(=O)[C@H]1[C@@H]2OC3(CC2Br)C(C(=O)NCCN2CCOCC2)N([C@@H](CO)C(C)C)C(=O)[C@H]13. The van der Waals surface area contributed by atoms with Gasteiger partial charge in [-0.3, -0.25) is 19.3 Å². The van der Waals surface area contributed by atoms with Crippen molar-refractivity contribution >= 4 is 33.7 Å². The number of ether oxygens (including phenoxy) is 2. The molecule has 33 heavy (non-hydrogen) atoms. The van der Waals surface area contributed by atoms with Gasteiger partial charge >= 0.3 is 0 Å². The van der Waals surface area contributed by atoms with Crippen LogP contribution in [0, 0.1) is 17.8 Å². The number of likely N-dealkylation sites (tertiary alicyclic amines) is 1. The fourth-order valence-electron chi connectivity index (χ4n) is 6.07. The van der Waals surface area contributed by atoms with E-state index in [1.807, 2.05) is 13.8 Å². The lowest BCUT2D eigenvalue weighted by Crippen LogP contribution is -2.59. The summed E-state index contributed by atoms with van der Waals surface area (Å²) in [5.74, 6) is -2.35. The maximum absolute atomic E-state index is 13.8. The maximum Gasteiger partial charge on any atom is 0.245 e. The molecule has 11 heteroatoms. The van der Waals surface area contributed by atoms with E-state index in [1.165, 1.54) is 4.90 Å². The van der Waals surface area contributed by atoms with E-state index < -0.39 is 35.6 Å². The van der Waals surface area contributed by atoms with Gasteiger partial charge in [0, 0.05) is 38.1 Å². The van der Waals surface area contributed by atoms with Gasteiger partial charge < -0.3 is 30.1 Å². The Labute approximate surface area is 202 Å². The average molecular weight is 531 g/mol. The first-order chi connectivity index (χ1) is 15.8. The van der Waals surface area contributed by atoms with Gasteiger partial charge in [0.2, 0.25) is 17.7 Å². The van der Waals surface area contributed by atoms with Crippen molar-refractivity contribution in [2.45, 2.75) is 48.9 Å². The molecule has 3 unspecified atom stereocenters. The van der Waals surface area contributed by atoms with Crippen molar-refractivity contribution in [3.05, 3.63) is 0 Å². The van der Waals surface area contributed by atoms with E-state index in [2.05, 4.69) is 31.5 Å². The summed E-state index contributed by atoms with van der Waals surface area (Å²) in [4.78, 5) is 43.8. The minimum absolute atomic E-state index is 0.0757. The number of hydrogen-bond donors (Lipinski definition) is 3. The molecule has 4 aliphatic heterocycles. The van der Waals surface area contributed by atoms with E-state index in [0.717, 1.165) is 13.1 Å². The zero-order chi connectivity index (χ0) is 23.9. The number of carbonyl (C=O) groups is 3. The largest absolute Gasteiger partial charge is 0.394 e. The van der Waals surface area contributed by atoms with Crippen molar-refractivity contribution in [1.82, 2.24) is 20.4 Å². The van der Waals surface area contributed by atoms with Crippen LogP contribution in [0.2, 0.25) is 0 Å². The van der Waals surface area contributed by atoms with Gasteiger partial charge in [-0.25, -0.2) is 0 Å². The summed E-state index contributed by atoms with van der Waals surface area (Å²) in [7, 11) is 1.54. The summed E-state index contributed by atoms with van der Waals surface area (Å²) < 4.78 is 11.8. The minimum atomic E-state index is -1.10. The second-order valence-corrected chi connectivity index (χ2v) is 10.9. The molecule has 0 saturated carbocycles. The third-order valence-electron chi connectivity index (χ3n) is 7.67. The Morgan fingerprint density at radius 2 is 1.97 bits per heavy atom. The normalized spacial score (nSPS) is 36.8. The van der Waals surface area contributed by atoms with Crippen molar-refractivity contribution in [3.8, 4) is 0 Å². The number of morpholine rings is 1. The minimum Gasteiger partial charge on any atom is -0.394 e. The molecule has 7 atom stereocenters. The molecular weight excluding hydrogens is 496 g/mol. The first kappa shape index (κ1) is 24.8. The van der Waals surface area contributed by atoms with Gasteiger partial charge in [-0.2, -0.15) is 0 Å². The zero-order valence-electron chi connectivity index (χ0n) is 19.5. The third-order valence-corrected chi connectivity index (χ3v) is 8.51. The fourth-order valence-corrected chi connectivity index (χ4v) is 7.01. The lowest BCUT2D eigenvalue weighted by Gasteiger charge is -2.38. The standard InChI is InChI=1S/C22H35BrN4O6/c1-12(2)14(11-28)27-18(20(30)25-4-5-26-6-8-32-9-7-26)22-10-13(23)17(33-22)15(19(29)24-3)16(22)21(27)31/h12-18,28H,4-11H2,1-3H3,(H,24,29)(H,25,30)/t13?,14-,15+,16-,17+,18?,22?/m0/s1. The zero-order valence-corrected chi connectivity index (χ0v) is 21.0. The molecule has 0 radical (unpaired) electrons. The Hall–Kier alpha value is -1.27. The van der Waals surface area contributed by atoms with Gasteiger partial charge in [-0.05, 0) is 12.3 Å². The van der Waals surface area contributed by atoms with E-state index >= 15 is 0 Å². The van der Waals surface area contributed by atoms with Crippen molar-refractivity contribution in [2.24, 2.45) is 17.8 Å². The predicted molar refractivity (Wildman–Crippen MR) is 123 cm³/mol. The number of aliphatic hydroxyl groups is 1. The number of hydrogen-bond acceptors (Lipinski definition) is 7. The summed E-state index contributed by atoms with van der Waals surface area (Å²) in [5.41, 5.74) is -1.10. The molecule has 0 aliphatic carbocycles. The third kappa shape index (κ3) is 4.09. The van der Waals surface area contributed by atoms with E-state index in [-0.39, 0.29) is 35.1 Å². The van der Waals surface area contributed by atoms with Crippen LogP contribution in [0.3, 0.4) is 0 Å². The van der Waals surface area contributed by atoms with Gasteiger partial charge in [-0.15, -0.1) is 0 Å². The van der Waals surface area contributed by atoms with Crippen LogP contribution in [-0.2, 0) is 23.9 Å². The highest BCUT2D eigenvalue weighted by molar-refractivity contribution is 9.09. The highest BCUT2D eigenvalue weighted by atomic mass is 79.9. The van der Waals surface area contributed by atoms with Crippen LogP contribution in [0.5, 0.6) is 0 Å². The summed E-state index contributed by atoms with van der Waals surface area (Å²) in [6.45, 7) is 7.67. The summed E-state index contributed by atoms with van der Waals surface area (Å²) >= 11 is 3.63. The van der Waals surface area contributed by atoms with Crippen LogP contribution in [-0.4, -0.2) is 114 Å². The average Bonchev–Trinajstić information content (AvgIpc) is 3.38. The molecule has 2 bridgehead atoms. The van der Waals surface area contributed by atoms with E-state index in [4.69, 9.17) is 9.47 Å². The van der Waals surface area contributed by atoms with Crippen LogP contribution in [0.4, 0.5) is 0 Å². The van der Waals surface area contributed by atoms with E-state index in [0.29, 0.717) is 32.7 Å². The molecule has 10 nitrogen and oxygen atoms in total. The highest BCUT2D eigenvalue weighted by Crippen LogP contribution is 2.60. The molecule has 4 heterocycles. The second-order valence-electron chi connectivity index (χ2n) is 9.76. The molecule has 1 spiro atoms. The van der Waals surface area contributed by atoms with Gasteiger partial charge in [-0.1, -0.05) is 29.8 Å². The van der Waals surface area contributed by atoms with Gasteiger partial charge in [0.25, 0.3) is 0 Å². The Bertz CT molecular complexity index is 778. The summed E-state index contributed by atoms with van der Waals surface area (Å²) in [6, 6.07) is -1.45. The number of nitrogens with zero attached hydrogens (tertiary/aromatic N) is 2. The number of carbonyl (C=O) groups excluding carboxylic acids is 3. The number of aliphatic hydroxyl groups excluding tert-OH is 1. The van der Waals surface area contributed by atoms with Crippen LogP contribution in [0.25, 0.3) is 0 Å². The fraction of sp³-hybridized carbons (Fsp3) is 0.864. The molecule has 4 rings (SSSR count). The molecule has 0 aromatic heterocycles. The Morgan fingerprint density at radius 1 is 1.27 bits per heavy atom. The molecular formula is C22H35BrN4O6. The number of nitrogens with one attached hydrogen (secondary N) is 2. The number of fused-ring (bicyclic) bond motifs is 1. The number of halogens is 1. The smallest absolute Gasteiger partial charge is 0.245 e. The first-order valence-corrected chi connectivity index (χ1v) is 12.7. The number of rotatable bonds is 8. The first-order valence-electron chi connectivity index (χ1n) is 11.8. The van der Waals surface area contributed by atoms with Crippen LogP contribution < -0.4 is 10.6 Å². The molecule has 3 N–H and O–H groups in total. The van der Waals surface area contributed by atoms with Gasteiger partial charge in [0.05, 0.1) is 43.8 Å². The lowest BCUT2D eigenvalue weighted by atomic mass is 9.70. The Balaban J connectivity index is 1.62. The van der Waals surface area contributed by atoms with Crippen molar-refractivity contribution in [2.75, 3.05) is 53.0 Å². The van der Waals surface area contributed by atoms with Crippen LogP contribution in [0.15, 0.2) is 0 Å². The van der Waals surface area contributed by atoms with Crippen LogP contribution in [0.1, 0.15) is 20.3 Å². The highest BCUT2D eigenvalue weighted by Gasteiger charge is 2.77. The number of amides is 3. The number of alkyl halides is 1. The molecule has 3 amide bonds. The maximum atomic E-state index is 13.8. The van der Waals surface area contributed by atoms with Crippen molar-refractivity contribution in [1.29, 1.82) is 0 Å². The van der Waals surface area contributed by atoms with Crippen molar-refractivity contribution in [3.63, 3.8) is 0 Å². The topological polar surface area (TPSA) is 120 Å². The molecule has 186 valence electrons. The lowest BCUT2D eigenvalue weighted by molar-refractivity contribution is -0.146. The summed E-state index contributed by atoms with van der Waals surface area (Å²) in [5, 5.41) is 15.8. The van der Waals surface area contributed by atoms with E-state index in [1.54, 1.807) is 7.05 Å². The van der Waals surface area contributed by atoms with Gasteiger partial charge in [0.1, 0.15) is 11.6 Å². The Kier molecular flexibility index (Phi) is 7.35. The Morgan fingerprint density at radius 3 is 2.58 bits per heavy atom. The molecule has 4 aliphatic rings. The van der Waals surface area contributed by atoms with E-state index in [9.17, 15) is 19.5 Å².